The maximum atomic E-state index is 15.8. The normalized spacial score (nSPS) is 15.8. The topological polar surface area (TPSA) is 111 Å². The lowest BCUT2D eigenvalue weighted by molar-refractivity contribution is -0.136. The molecule has 5 aromatic rings. The first-order valence-corrected chi connectivity index (χ1v) is 15.8. The number of nitrogens with zero attached hydrogens (tertiary/aromatic N) is 2. The van der Waals surface area contributed by atoms with Crippen LogP contribution in [0.2, 0.25) is 0 Å². The molecule has 6 rings (SSSR count). The molecule has 240 valence electrons. The fourth-order valence-corrected chi connectivity index (χ4v) is 6.75. The van der Waals surface area contributed by atoms with Crippen molar-refractivity contribution < 1.29 is 40.8 Å². The number of nitrogens with one attached hydrogen (secondary N) is 2. The average Bonchev–Trinajstić information content (AvgIpc) is 3.64. The van der Waals surface area contributed by atoms with Crippen molar-refractivity contribution in [3.63, 3.8) is 0 Å². The van der Waals surface area contributed by atoms with Crippen LogP contribution in [-0.4, -0.2) is 60.9 Å². The number of carboxylic acids is 1. The van der Waals surface area contributed by atoms with Gasteiger partial charge in [0.05, 0.1) is 39.5 Å². The number of aromatic nitrogens is 3. The number of H-pyrrole nitrogens is 2. The lowest BCUT2D eigenvalue weighted by atomic mass is 9.93. The maximum Gasteiger partial charge on any atom is 0.303 e. The van der Waals surface area contributed by atoms with E-state index in [1.807, 2.05) is 0 Å². The van der Waals surface area contributed by atoms with Gasteiger partial charge in [0, 0.05) is 60.1 Å². The molecule has 0 bridgehead atoms. The van der Waals surface area contributed by atoms with Gasteiger partial charge in [-0.1, -0.05) is 18.2 Å². The van der Waals surface area contributed by atoms with Crippen molar-refractivity contribution in [1.29, 1.82) is 0 Å². The monoisotopic (exact) mass is 658 g/mol. The van der Waals surface area contributed by atoms with E-state index in [9.17, 15) is 17.8 Å². The lowest BCUT2D eigenvalue weighted by Crippen LogP contribution is -2.39. The Balaban J connectivity index is 1.40. The van der Waals surface area contributed by atoms with E-state index in [1.165, 1.54) is 47.6 Å². The number of aromatic amines is 2. The Labute approximate surface area is 261 Å². The third-order valence-corrected chi connectivity index (χ3v) is 8.87. The van der Waals surface area contributed by atoms with Crippen LogP contribution in [0, 0.1) is 17.5 Å². The van der Waals surface area contributed by atoms with E-state index in [0.717, 1.165) is 6.07 Å². The number of aliphatic carboxylic acids is 1. The average molecular weight is 659 g/mol. The minimum Gasteiger partial charge on any atom is -0.481 e. The number of carbonyl (C=O) groups is 1. The Morgan fingerprint density at radius 3 is 2.70 bits per heavy atom. The number of rotatable bonds is 10. The molecule has 2 atom stereocenters. The smallest absolute Gasteiger partial charge is 0.303 e. The summed E-state index contributed by atoms with van der Waals surface area (Å²) in [5.41, 5.74) is 1.21. The molecule has 0 saturated heterocycles. The van der Waals surface area contributed by atoms with Crippen molar-refractivity contribution in [3.05, 3.63) is 94.7 Å². The molecule has 14 heteroatoms. The zero-order valence-electron chi connectivity index (χ0n) is 24.3. The lowest BCUT2D eigenvalue weighted by Gasteiger charge is -2.35. The Morgan fingerprint density at radius 2 is 1.96 bits per heavy atom. The number of ether oxygens (including phenoxy) is 1. The molecule has 3 heterocycles. The van der Waals surface area contributed by atoms with Gasteiger partial charge < -0.3 is 19.8 Å². The summed E-state index contributed by atoms with van der Waals surface area (Å²) in [5, 5.41) is 9.57. The number of alkyl halides is 2. The van der Waals surface area contributed by atoms with Crippen LogP contribution in [0.5, 0.6) is 11.5 Å². The van der Waals surface area contributed by atoms with Gasteiger partial charge in [0.1, 0.15) is 23.2 Å². The molecular formula is C32H27F5N4O4S. The van der Waals surface area contributed by atoms with E-state index in [4.69, 9.17) is 9.84 Å². The van der Waals surface area contributed by atoms with Gasteiger partial charge in [0.25, 0.3) is 6.43 Å². The molecule has 2 aromatic heterocycles. The fourth-order valence-electron chi connectivity index (χ4n) is 5.86. The molecular weight excluding hydrogens is 631 g/mol. The Bertz CT molecular complexity index is 1980. The third kappa shape index (κ3) is 6.01. The Kier molecular flexibility index (Phi) is 8.66. The van der Waals surface area contributed by atoms with Crippen LogP contribution in [0.15, 0.2) is 59.6 Å². The molecule has 0 amide bonds. The number of hydrogen-bond acceptors (Lipinski definition) is 5. The number of aryl methyl sites for hydroxylation is 1. The molecule has 0 aliphatic carbocycles. The van der Waals surface area contributed by atoms with Crippen LogP contribution in [0.4, 0.5) is 22.0 Å². The van der Waals surface area contributed by atoms with E-state index in [0.29, 0.717) is 16.6 Å². The van der Waals surface area contributed by atoms with Gasteiger partial charge in [-0.25, -0.2) is 26.9 Å². The van der Waals surface area contributed by atoms with Crippen molar-refractivity contribution in [2.24, 2.45) is 0 Å². The predicted octanol–water partition coefficient (Wildman–Crippen LogP) is 6.73. The summed E-state index contributed by atoms with van der Waals surface area (Å²) in [6, 6.07) is 9.82. The number of halogens is 5. The first-order chi connectivity index (χ1) is 22.0. The standard InChI is InChI=1S/C32H27F5N4O4S/c1-46(44)31-18-9-11-38-24(18)14-22(34)30(31)45-17-6-7-21(33)20(13-17)32-39-23-10-12-41(15-25(35)36)29(28(23)40-32)19-4-2-3-16(27(19)37)5-8-26(42)43/h2-4,6-7,9,11,13-14,25,29,38H,5,8,10,12,15H2,1H3,(H,39,40)(H,42,43). The highest BCUT2D eigenvalue weighted by Gasteiger charge is 2.36. The quantitative estimate of drug-likeness (QED) is 0.144. The van der Waals surface area contributed by atoms with Crippen LogP contribution in [0.1, 0.15) is 35.0 Å². The molecule has 2 unspecified atom stereocenters. The number of imidazole rings is 1. The molecule has 3 aromatic carbocycles. The van der Waals surface area contributed by atoms with E-state index < -0.39 is 53.2 Å². The number of hydrogen-bond donors (Lipinski definition) is 3. The van der Waals surface area contributed by atoms with E-state index in [2.05, 4.69) is 15.0 Å². The largest absolute Gasteiger partial charge is 0.481 e. The van der Waals surface area contributed by atoms with Crippen molar-refractivity contribution in [2.75, 3.05) is 19.3 Å². The molecule has 0 radical (unpaired) electrons. The number of benzene rings is 3. The third-order valence-electron chi connectivity index (χ3n) is 7.89. The van der Waals surface area contributed by atoms with Crippen molar-refractivity contribution in [2.45, 2.75) is 36.6 Å². The summed E-state index contributed by atoms with van der Waals surface area (Å²) in [6.07, 6.45) is 0.0400. The fraction of sp³-hybridized carbons (Fsp3) is 0.250. The second-order valence-corrected chi connectivity index (χ2v) is 12.2. The highest BCUT2D eigenvalue weighted by atomic mass is 32.2. The summed E-state index contributed by atoms with van der Waals surface area (Å²) in [7, 11) is -1.65. The molecule has 0 spiro atoms. The summed E-state index contributed by atoms with van der Waals surface area (Å²) in [5.74, 6) is -3.60. The van der Waals surface area contributed by atoms with Crippen LogP contribution < -0.4 is 4.74 Å². The van der Waals surface area contributed by atoms with Crippen LogP contribution in [0.25, 0.3) is 22.3 Å². The summed E-state index contributed by atoms with van der Waals surface area (Å²) in [4.78, 5) is 23.1. The van der Waals surface area contributed by atoms with Crippen molar-refractivity contribution in [3.8, 4) is 22.9 Å². The molecule has 8 nitrogen and oxygen atoms in total. The first kappa shape index (κ1) is 31.4. The minimum absolute atomic E-state index is 0.0133. The second kappa shape index (κ2) is 12.7. The summed E-state index contributed by atoms with van der Waals surface area (Å²) < 4.78 is 92.0. The van der Waals surface area contributed by atoms with E-state index >= 15 is 13.2 Å². The van der Waals surface area contributed by atoms with Gasteiger partial charge >= 0.3 is 5.97 Å². The predicted molar refractivity (Wildman–Crippen MR) is 160 cm³/mol. The zero-order valence-corrected chi connectivity index (χ0v) is 25.1. The van der Waals surface area contributed by atoms with Crippen LogP contribution >= 0.6 is 0 Å². The molecule has 46 heavy (non-hydrogen) atoms. The van der Waals surface area contributed by atoms with Crippen molar-refractivity contribution in [1.82, 2.24) is 19.9 Å². The molecule has 1 aliphatic heterocycles. The highest BCUT2D eigenvalue weighted by molar-refractivity contribution is 7.84. The molecule has 0 saturated carbocycles. The van der Waals surface area contributed by atoms with Crippen LogP contribution in [0.3, 0.4) is 0 Å². The molecule has 3 N–H and O–H groups in total. The Morgan fingerprint density at radius 1 is 1.15 bits per heavy atom. The maximum absolute atomic E-state index is 15.8. The Hall–Kier alpha value is -4.56. The highest BCUT2D eigenvalue weighted by Crippen LogP contribution is 2.40. The van der Waals surface area contributed by atoms with Gasteiger partial charge in [0.2, 0.25) is 0 Å². The van der Waals surface area contributed by atoms with Crippen molar-refractivity contribution >= 4 is 27.7 Å². The van der Waals surface area contributed by atoms with Crippen LogP contribution in [-0.2, 0) is 28.4 Å². The minimum atomic E-state index is -2.74. The van der Waals surface area contributed by atoms with Gasteiger partial charge in [-0.2, -0.15) is 0 Å². The van der Waals surface area contributed by atoms with Gasteiger partial charge in [-0.15, -0.1) is 0 Å². The first-order valence-electron chi connectivity index (χ1n) is 14.2. The summed E-state index contributed by atoms with van der Waals surface area (Å²) >= 11 is 0. The van der Waals surface area contributed by atoms with Gasteiger partial charge in [-0.3, -0.25) is 13.9 Å². The second-order valence-electron chi connectivity index (χ2n) is 10.9. The SMILES string of the molecule is CS(=O)c1c(Oc2ccc(F)c(-c3nc4c([nH]3)CCN(CC(F)F)C4c3cccc(CCC(=O)O)c3F)c2)c(F)cc2[nH]ccc12. The van der Waals surface area contributed by atoms with Gasteiger partial charge in [0.15, 0.2) is 11.6 Å². The van der Waals surface area contributed by atoms with Gasteiger partial charge in [-0.05, 0) is 36.2 Å². The molecule has 0 fully saturated rings. The van der Waals surface area contributed by atoms with E-state index in [1.54, 1.807) is 12.3 Å². The summed E-state index contributed by atoms with van der Waals surface area (Å²) in [6.45, 7) is -0.563. The zero-order chi connectivity index (χ0) is 32.7. The molecule has 1 aliphatic rings. The number of carboxylic acid groups (broad SMARTS) is 1. The number of fused-ring (bicyclic) bond motifs is 2. The van der Waals surface area contributed by atoms with E-state index in [-0.39, 0.29) is 70.4 Å².